The summed E-state index contributed by atoms with van der Waals surface area (Å²) >= 11 is 0. The van der Waals surface area contributed by atoms with Crippen LogP contribution < -0.4 is 15.1 Å². The molecule has 35 heavy (non-hydrogen) atoms. The normalized spacial score (nSPS) is 16.0. The van der Waals surface area contributed by atoms with Crippen molar-refractivity contribution >= 4 is 34.4 Å². The number of nitrogens with zero attached hydrogens (tertiary/aromatic N) is 2. The Labute approximate surface area is 207 Å². The second kappa shape index (κ2) is 9.06. The third-order valence-corrected chi connectivity index (χ3v) is 6.95. The second-order valence-electron chi connectivity index (χ2n) is 9.71. The Morgan fingerprint density at radius 1 is 0.686 bits per heavy atom. The predicted octanol–water partition coefficient (Wildman–Crippen LogP) is 5.92. The Hall–Kier alpha value is -3.86. The fraction of sp³-hybridized carbons (Fsp3) is 0.267. The summed E-state index contributed by atoms with van der Waals surface area (Å²) in [4.78, 5) is 31.2. The summed E-state index contributed by atoms with van der Waals surface area (Å²) < 4.78 is 0. The number of hydrogen-bond donors (Lipinski definition) is 1. The van der Waals surface area contributed by atoms with Crippen molar-refractivity contribution in [1.82, 2.24) is 0 Å². The van der Waals surface area contributed by atoms with E-state index in [1.54, 1.807) is 0 Å². The van der Waals surface area contributed by atoms with Crippen LogP contribution >= 0.6 is 0 Å². The van der Waals surface area contributed by atoms with Gasteiger partial charge in [0.2, 0.25) is 0 Å². The van der Waals surface area contributed by atoms with Gasteiger partial charge >= 0.3 is 0 Å². The molecule has 0 bridgehead atoms. The highest BCUT2D eigenvalue weighted by molar-refractivity contribution is 6.46. The van der Waals surface area contributed by atoms with Crippen LogP contribution in [0.15, 0.2) is 66.4 Å². The average Bonchev–Trinajstić information content (AvgIpc) is 3.43. The van der Waals surface area contributed by atoms with E-state index < -0.39 is 0 Å². The Balaban J connectivity index is 1.55. The van der Waals surface area contributed by atoms with Crippen LogP contribution in [0.2, 0.25) is 0 Å². The number of amides is 2. The molecule has 2 aliphatic heterocycles. The summed E-state index contributed by atoms with van der Waals surface area (Å²) in [5.41, 5.74) is 8.26. The highest BCUT2D eigenvalue weighted by atomic mass is 16.2. The van der Waals surface area contributed by atoms with E-state index in [0.717, 1.165) is 46.6 Å². The monoisotopic (exact) mass is 465 g/mol. The standard InChI is InChI=1S/C30H31N3O2/c1-19-15-20(2)17-26(16-19)33-29(34)27(23-8-7-21(3)22(4)18-23)28(30(33)35)31-24-9-11-25(12-10-24)32-13-5-6-14-32/h7-12,15-18,31H,5-6,13-14H2,1-4H3. The molecule has 0 aliphatic carbocycles. The zero-order chi connectivity index (χ0) is 24.7. The Kier molecular flexibility index (Phi) is 5.93. The Morgan fingerprint density at radius 3 is 1.97 bits per heavy atom. The average molecular weight is 466 g/mol. The molecule has 0 unspecified atom stereocenters. The van der Waals surface area contributed by atoms with Gasteiger partial charge in [0.05, 0.1) is 11.3 Å². The molecule has 0 atom stereocenters. The number of rotatable bonds is 5. The van der Waals surface area contributed by atoms with Crippen molar-refractivity contribution in [1.29, 1.82) is 0 Å². The predicted molar refractivity (Wildman–Crippen MR) is 143 cm³/mol. The fourth-order valence-electron chi connectivity index (χ4n) is 5.00. The number of benzene rings is 3. The maximum atomic E-state index is 13.8. The molecular weight excluding hydrogens is 434 g/mol. The van der Waals surface area contributed by atoms with Gasteiger partial charge < -0.3 is 10.2 Å². The van der Waals surface area contributed by atoms with Crippen LogP contribution in [-0.2, 0) is 9.59 Å². The quantitative estimate of drug-likeness (QED) is 0.476. The van der Waals surface area contributed by atoms with Crippen molar-refractivity contribution in [2.24, 2.45) is 0 Å². The van der Waals surface area contributed by atoms with Gasteiger partial charge in [0.15, 0.2) is 0 Å². The lowest BCUT2D eigenvalue weighted by Gasteiger charge is -2.18. The summed E-state index contributed by atoms with van der Waals surface area (Å²) in [5.74, 6) is -0.642. The molecule has 0 saturated carbocycles. The molecule has 1 N–H and O–H groups in total. The number of aryl methyl sites for hydroxylation is 4. The van der Waals surface area contributed by atoms with Gasteiger partial charge in [-0.15, -0.1) is 0 Å². The van der Waals surface area contributed by atoms with E-state index in [2.05, 4.69) is 22.3 Å². The van der Waals surface area contributed by atoms with Gasteiger partial charge in [-0.05, 0) is 105 Å². The number of carbonyl (C=O) groups excluding carboxylic acids is 2. The maximum Gasteiger partial charge on any atom is 0.282 e. The van der Waals surface area contributed by atoms with Crippen LogP contribution in [0, 0.1) is 27.7 Å². The van der Waals surface area contributed by atoms with Crippen molar-refractivity contribution in [3.05, 3.63) is 94.2 Å². The molecule has 0 radical (unpaired) electrons. The molecule has 2 amide bonds. The summed E-state index contributed by atoms with van der Waals surface area (Å²) in [5, 5.41) is 3.30. The first kappa shape index (κ1) is 22.9. The van der Waals surface area contributed by atoms with E-state index in [4.69, 9.17) is 0 Å². The minimum absolute atomic E-state index is 0.306. The van der Waals surface area contributed by atoms with Crippen molar-refractivity contribution in [3.8, 4) is 0 Å². The highest BCUT2D eigenvalue weighted by Gasteiger charge is 2.40. The third kappa shape index (κ3) is 4.34. The SMILES string of the molecule is Cc1cc(C)cc(N2C(=O)C(Nc3ccc(N4CCCC4)cc3)=C(c3ccc(C)c(C)c3)C2=O)c1. The van der Waals surface area contributed by atoms with Gasteiger partial charge in [0, 0.05) is 24.5 Å². The van der Waals surface area contributed by atoms with Crippen LogP contribution in [0.5, 0.6) is 0 Å². The van der Waals surface area contributed by atoms with E-state index in [1.165, 1.54) is 23.4 Å². The largest absolute Gasteiger partial charge is 0.372 e. The molecule has 3 aromatic carbocycles. The van der Waals surface area contributed by atoms with Crippen molar-refractivity contribution in [2.45, 2.75) is 40.5 Å². The van der Waals surface area contributed by atoms with E-state index in [-0.39, 0.29) is 11.8 Å². The zero-order valence-corrected chi connectivity index (χ0v) is 20.8. The van der Waals surface area contributed by atoms with Gasteiger partial charge in [-0.25, -0.2) is 4.90 Å². The van der Waals surface area contributed by atoms with Crippen LogP contribution in [-0.4, -0.2) is 24.9 Å². The van der Waals surface area contributed by atoms with Gasteiger partial charge in [0.1, 0.15) is 5.70 Å². The van der Waals surface area contributed by atoms with Crippen LogP contribution in [0.4, 0.5) is 17.1 Å². The molecule has 5 heteroatoms. The van der Waals surface area contributed by atoms with Gasteiger partial charge in [-0.3, -0.25) is 9.59 Å². The highest BCUT2D eigenvalue weighted by Crippen LogP contribution is 2.35. The molecule has 0 spiro atoms. The summed E-state index contributed by atoms with van der Waals surface area (Å²) in [6, 6.07) is 19.8. The Morgan fingerprint density at radius 2 is 1.34 bits per heavy atom. The third-order valence-electron chi connectivity index (χ3n) is 6.95. The molecule has 5 nitrogen and oxygen atoms in total. The van der Waals surface area contributed by atoms with Crippen LogP contribution in [0.1, 0.15) is 40.7 Å². The number of carbonyl (C=O) groups is 2. The summed E-state index contributed by atoms with van der Waals surface area (Å²) in [6.07, 6.45) is 2.44. The number of nitrogens with one attached hydrogen (secondary N) is 1. The molecule has 5 rings (SSSR count). The van der Waals surface area contributed by atoms with Crippen LogP contribution in [0.3, 0.4) is 0 Å². The Bertz CT molecular complexity index is 1330. The smallest absolute Gasteiger partial charge is 0.282 e. The fourth-order valence-corrected chi connectivity index (χ4v) is 5.00. The summed E-state index contributed by atoms with van der Waals surface area (Å²) in [7, 11) is 0. The molecule has 2 aliphatic rings. The minimum Gasteiger partial charge on any atom is -0.372 e. The van der Waals surface area contributed by atoms with Gasteiger partial charge in [-0.1, -0.05) is 24.3 Å². The lowest BCUT2D eigenvalue weighted by molar-refractivity contribution is -0.120. The first-order valence-electron chi connectivity index (χ1n) is 12.2. The lowest BCUT2D eigenvalue weighted by Crippen LogP contribution is -2.32. The van der Waals surface area contributed by atoms with Crippen LogP contribution in [0.25, 0.3) is 5.57 Å². The molecule has 0 aromatic heterocycles. The lowest BCUT2D eigenvalue weighted by atomic mass is 9.99. The number of hydrogen-bond acceptors (Lipinski definition) is 4. The van der Waals surface area contributed by atoms with Gasteiger partial charge in [0.25, 0.3) is 11.8 Å². The molecule has 1 fully saturated rings. The van der Waals surface area contributed by atoms with E-state index in [1.807, 2.05) is 76.2 Å². The van der Waals surface area contributed by atoms with Gasteiger partial charge in [-0.2, -0.15) is 0 Å². The minimum atomic E-state index is -0.336. The number of imide groups is 1. The van der Waals surface area contributed by atoms with Crippen molar-refractivity contribution < 1.29 is 9.59 Å². The maximum absolute atomic E-state index is 13.8. The molecule has 2 heterocycles. The van der Waals surface area contributed by atoms with E-state index >= 15 is 0 Å². The van der Waals surface area contributed by atoms with E-state index in [9.17, 15) is 9.59 Å². The first-order chi connectivity index (χ1) is 16.8. The zero-order valence-electron chi connectivity index (χ0n) is 20.8. The van der Waals surface area contributed by atoms with Crippen molar-refractivity contribution in [2.75, 3.05) is 28.2 Å². The van der Waals surface area contributed by atoms with E-state index in [0.29, 0.717) is 17.0 Å². The summed E-state index contributed by atoms with van der Waals surface area (Å²) in [6.45, 7) is 10.2. The molecular formula is C30H31N3O2. The molecule has 1 saturated heterocycles. The topological polar surface area (TPSA) is 52.7 Å². The molecule has 3 aromatic rings. The molecule has 178 valence electrons. The number of anilines is 3. The van der Waals surface area contributed by atoms with Crippen molar-refractivity contribution in [3.63, 3.8) is 0 Å². The first-order valence-corrected chi connectivity index (χ1v) is 12.2. The second-order valence-corrected chi connectivity index (χ2v) is 9.71.